The summed E-state index contributed by atoms with van der Waals surface area (Å²) in [6.07, 6.45) is 0.138. The zero-order chi connectivity index (χ0) is 33.5. The van der Waals surface area contributed by atoms with Crippen LogP contribution in [0.5, 0.6) is 5.75 Å². The molecule has 1 aliphatic heterocycles. The minimum absolute atomic E-state index is 0.0713. The van der Waals surface area contributed by atoms with Crippen molar-refractivity contribution in [3.8, 4) is 5.75 Å². The Morgan fingerprint density at radius 2 is 1.56 bits per heavy atom. The number of hydrogen-bond donors (Lipinski definition) is 7. The number of carboxylic acids is 1. The number of phenols is 1. The van der Waals surface area contributed by atoms with E-state index in [0.717, 1.165) is 16.4 Å². The molecule has 5 atom stereocenters. The molecule has 0 saturated carbocycles. The van der Waals surface area contributed by atoms with Gasteiger partial charge in [0.1, 0.15) is 23.9 Å². The maximum atomic E-state index is 13.6. The van der Waals surface area contributed by atoms with Gasteiger partial charge >= 0.3 is 5.97 Å². The molecule has 0 aromatic heterocycles. The number of aromatic hydroxyl groups is 1. The van der Waals surface area contributed by atoms with E-state index in [4.69, 9.17) is 5.73 Å². The zero-order valence-electron chi connectivity index (χ0n) is 25.8. The Labute approximate surface area is 270 Å². The van der Waals surface area contributed by atoms with E-state index in [0.29, 0.717) is 5.56 Å². The van der Waals surface area contributed by atoms with Crippen LogP contribution in [0.15, 0.2) is 54.6 Å². The summed E-state index contributed by atoms with van der Waals surface area (Å²) in [5, 5.41) is 30.3. The van der Waals surface area contributed by atoms with Gasteiger partial charge in [-0.3, -0.25) is 19.2 Å². The molecule has 8 N–H and O–H groups in total. The maximum Gasteiger partial charge on any atom is 0.327 e. The number of nitrogens with one attached hydrogen (secondary N) is 4. The average molecular weight is 660 g/mol. The van der Waals surface area contributed by atoms with Crippen LogP contribution in [0, 0.1) is 0 Å². The first-order valence-corrected chi connectivity index (χ1v) is 16.5. The quantitative estimate of drug-likeness (QED) is 0.215. The number of carbonyl (C=O) groups is 5. The lowest BCUT2D eigenvalue weighted by Crippen LogP contribution is -2.62. The molecule has 1 heterocycles. The van der Waals surface area contributed by atoms with Gasteiger partial charge in [0.05, 0.1) is 17.3 Å². The topological polar surface area (TPSA) is 200 Å². The van der Waals surface area contributed by atoms with Crippen molar-refractivity contribution in [1.29, 1.82) is 0 Å². The predicted octanol–water partition coefficient (Wildman–Crippen LogP) is 1.67. The summed E-state index contributed by atoms with van der Waals surface area (Å²) >= 11 is 0. The van der Waals surface area contributed by atoms with E-state index in [1.807, 2.05) is 6.07 Å². The van der Waals surface area contributed by atoms with Gasteiger partial charge in [-0.15, -0.1) is 0 Å². The lowest BCUT2D eigenvalue weighted by molar-refractivity contribution is -0.143. The number of hydrogen-bond acceptors (Lipinski definition) is 9. The predicted molar refractivity (Wildman–Crippen MR) is 174 cm³/mol. The molecule has 4 amide bonds. The molecule has 0 radical (unpaired) electrons. The summed E-state index contributed by atoms with van der Waals surface area (Å²) in [6.45, 7) is 7.95. The Morgan fingerprint density at radius 1 is 0.956 bits per heavy atom. The largest absolute Gasteiger partial charge is 0.508 e. The summed E-state index contributed by atoms with van der Waals surface area (Å²) in [7, 11) is 2.32. The number of amides is 4. The van der Waals surface area contributed by atoms with Crippen LogP contribution in [0.2, 0.25) is 0 Å². The highest BCUT2D eigenvalue weighted by molar-refractivity contribution is 8.77. The van der Waals surface area contributed by atoms with E-state index in [2.05, 4.69) is 21.3 Å². The molecule has 2 aromatic rings. The van der Waals surface area contributed by atoms with Crippen molar-refractivity contribution in [1.82, 2.24) is 21.3 Å². The van der Waals surface area contributed by atoms with Crippen molar-refractivity contribution >= 4 is 51.2 Å². The molecular formula is C31H41N5O7S2. The van der Waals surface area contributed by atoms with Crippen molar-refractivity contribution in [3.05, 3.63) is 65.7 Å². The van der Waals surface area contributed by atoms with E-state index in [-0.39, 0.29) is 12.2 Å². The van der Waals surface area contributed by atoms with Gasteiger partial charge in [0.25, 0.3) is 0 Å². The molecule has 0 bridgehead atoms. The Kier molecular flexibility index (Phi) is 11.9. The Balaban J connectivity index is 1.91. The van der Waals surface area contributed by atoms with Gasteiger partial charge in [0.2, 0.25) is 23.6 Å². The summed E-state index contributed by atoms with van der Waals surface area (Å²) in [5.74, 6) is -4.37. The third kappa shape index (κ3) is 9.62. The van der Waals surface area contributed by atoms with E-state index in [1.165, 1.54) is 22.9 Å². The van der Waals surface area contributed by atoms with Gasteiger partial charge in [-0.2, -0.15) is 0 Å². The van der Waals surface area contributed by atoms with Crippen LogP contribution in [0.1, 0.15) is 51.7 Å². The first-order valence-electron chi connectivity index (χ1n) is 14.4. The molecule has 0 spiro atoms. The third-order valence-corrected chi connectivity index (χ3v) is 11.8. The molecule has 1 unspecified atom stereocenters. The van der Waals surface area contributed by atoms with Crippen LogP contribution >= 0.6 is 21.6 Å². The van der Waals surface area contributed by atoms with E-state index >= 15 is 0 Å². The molecule has 14 heteroatoms. The Bertz CT molecular complexity index is 1390. The molecule has 1 aliphatic rings. The molecule has 1 fully saturated rings. The van der Waals surface area contributed by atoms with E-state index < -0.39 is 75.7 Å². The van der Waals surface area contributed by atoms with E-state index in [9.17, 15) is 34.2 Å². The molecule has 45 heavy (non-hydrogen) atoms. The molecule has 2 aromatic carbocycles. The number of carboxylic acid groups (broad SMARTS) is 1. The van der Waals surface area contributed by atoms with Crippen LogP contribution in [0.3, 0.4) is 0 Å². The number of benzene rings is 2. The highest BCUT2D eigenvalue weighted by atomic mass is 33.1. The minimum Gasteiger partial charge on any atom is -0.508 e. The standard InChI is InChI=1S/C31H41N5O7S2/c1-17(19-9-7-6-8-10-19)23-27(40)36-25(29(42)43)31(4,5)45-44-30(2,3)24(28(41)33-16-22(38)34-23)35-26(39)21(32)15-18-11-13-20(37)14-12-18/h6-14,17,21,23-25,37H,15-16,32H2,1-5H3,(H,33,41)(H,34,38)(H,35,39)(H,36,40)(H,42,43)/t17-,21-,23-,24-,25?/m0/s1. The van der Waals surface area contributed by atoms with Gasteiger partial charge in [0, 0.05) is 10.7 Å². The lowest BCUT2D eigenvalue weighted by atomic mass is 9.91. The van der Waals surface area contributed by atoms with Gasteiger partial charge in [-0.1, -0.05) is 71.0 Å². The molecule has 12 nitrogen and oxygen atoms in total. The molecular weight excluding hydrogens is 619 g/mol. The highest BCUT2D eigenvalue weighted by Gasteiger charge is 2.44. The van der Waals surface area contributed by atoms with Crippen LogP contribution in [-0.4, -0.2) is 80.0 Å². The summed E-state index contributed by atoms with van der Waals surface area (Å²) in [5.41, 5.74) is 7.63. The second-order valence-electron chi connectivity index (χ2n) is 12.0. The van der Waals surface area contributed by atoms with Gasteiger partial charge in [-0.05, 0) is 57.4 Å². The zero-order valence-corrected chi connectivity index (χ0v) is 27.5. The average Bonchev–Trinajstić information content (AvgIpc) is 2.99. The number of nitrogens with two attached hydrogens (primary N) is 1. The van der Waals surface area contributed by atoms with Crippen molar-refractivity contribution < 1.29 is 34.2 Å². The fourth-order valence-electron chi connectivity index (χ4n) is 4.72. The number of aliphatic carboxylic acids is 1. The van der Waals surface area contributed by atoms with Crippen molar-refractivity contribution in [2.24, 2.45) is 5.73 Å². The molecule has 3 rings (SSSR count). The SMILES string of the molecule is C[C@@H](c1ccccc1)[C@@H]1NC(=O)CNC(=O)[C@H](NC(=O)[C@@H](N)Cc2ccc(O)cc2)C(C)(C)SSC(C)(C)C(C(=O)O)NC1=O. The minimum atomic E-state index is -1.37. The van der Waals surface area contributed by atoms with Gasteiger partial charge in [0.15, 0.2) is 0 Å². The molecule has 244 valence electrons. The highest BCUT2D eigenvalue weighted by Crippen LogP contribution is 2.46. The van der Waals surface area contributed by atoms with E-state index in [1.54, 1.807) is 71.0 Å². The fourth-order valence-corrected chi connectivity index (χ4v) is 7.53. The first-order chi connectivity index (χ1) is 21.0. The second-order valence-corrected chi connectivity index (χ2v) is 15.5. The summed E-state index contributed by atoms with van der Waals surface area (Å²) in [6, 6.07) is 10.5. The lowest BCUT2D eigenvalue weighted by Gasteiger charge is -2.38. The number of rotatable bonds is 7. The van der Waals surface area contributed by atoms with Crippen molar-refractivity contribution in [2.75, 3.05) is 6.54 Å². The first kappa shape index (κ1) is 35.7. The smallest absolute Gasteiger partial charge is 0.327 e. The fraction of sp³-hybridized carbons (Fsp3) is 0.452. The normalized spacial score (nSPS) is 23.7. The van der Waals surface area contributed by atoms with Crippen molar-refractivity contribution in [2.45, 2.75) is 80.6 Å². The molecule has 1 saturated heterocycles. The maximum absolute atomic E-state index is 13.6. The third-order valence-electron chi connectivity index (χ3n) is 7.52. The number of carbonyl (C=O) groups excluding carboxylic acids is 4. The van der Waals surface area contributed by atoms with Gasteiger partial charge in [-0.25, -0.2) is 4.79 Å². The number of phenolic OH excluding ortho intramolecular Hbond substituents is 1. The summed E-state index contributed by atoms with van der Waals surface area (Å²) in [4.78, 5) is 65.9. The van der Waals surface area contributed by atoms with Gasteiger partial charge < -0.3 is 37.2 Å². The summed E-state index contributed by atoms with van der Waals surface area (Å²) < 4.78 is -2.16. The molecule has 0 aliphatic carbocycles. The van der Waals surface area contributed by atoms with Crippen LogP contribution in [0.4, 0.5) is 0 Å². The van der Waals surface area contributed by atoms with Crippen LogP contribution in [0.25, 0.3) is 0 Å². The Hall–Kier alpha value is -3.75. The van der Waals surface area contributed by atoms with Crippen LogP contribution in [-0.2, 0) is 30.4 Å². The van der Waals surface area contributed by atoms with Crippen LogP contribution < -0.4 is 27.0 Å². The Morgan fingerprint density at radius 3 is 2.16 bits per heavy atom. The van der Waals surface area contributed by atoms with Crippen molar-refractivity contribution in [3.63, 3.8) is 0 Å². The second kappa shape index (κ2) is 15.0. The monoisotopic (exact) mass is 659 g/mol.